The maximum absolute atomic E-state index is 12.7. The Balaban J connectivity index is 1.97. The van der Waals surface area contributed by atoms with Crippen LogP contribution in [0.15, 0.2) is 49.1 Å². The molecule has 1 amide bonds. The maximum Gasteiger partial charge on any atom is 0.242 e. The van der Waals surface area contributed by atoms with Crippen molar-refractivity contribution in [3.05, 3.63) is 60.2 Å². The van der Waals surface area contributed by atoms with E-state index in [4.69, 9.17) is 25.8 Å². The molecule has 2 aromatic rings. The highest BCUT2D eigenvalue weighted by molar-refractivity contribution is 6.29. The number of benzene rings is 2. The summed E-state index contributed by atoms with van der Waals surface area (Å²) in [7, 11) is 0. The van der Waals surface area contributed by atoms with Gasteiger partial charge in [0.15, 0.2) is 11.5 Å². The Bertz CT molecular complexity index is 881. The third-order valence-corrected chi connectivity index (χ3v) is 4.79. The smallest absolute Gasteiger partial charge is 0.242 e. The predicted molar refractivity (Wildman–Crippen MR) is 115 cm³/mol. The lowest BCUT2D eigenvalue weighted by Crippen LogP contribution is -2.31. The first-order valence-corrected chi connectivity index (χ1v) is 10.2. The number of halogens is 1. The molecule has 0 unspecified atom stereocenters. The third kappa shape index (κ3) is 5.04. The van der Waals surface area contributed by atoms with Gasteiger partial charge in [-0.3, -0.25) is 4.79 Å². The van der Waals surface area contributed by atoms with Gasteiger partial charge in [0.05, 0.1) is 6.54 Å². The fraction of sp³-hybridized carbons (Fsp3) is 0.348. The average Bonchev–Trinajstić information content (AvgIpc) is 3.18. The molecule has 3 rings (SSSR count). The molecule has 154 valence electrons. The normalized spacial score (nSPS) is 12.1. The van der Waals surface area contributed by atoms with Gasteiger partial charge in [-0.2, -0.15) is 0 Å². The van der Waals surface area contributed by atoms with Gasteiger partial charge in [0.2, 0.25) is 12.7 Å². The number of carbonyl (C=O) groups is 1. The number of fused-ring (bicyclic) bond motifs is 1. The van der Waals surface area contributed by atoms with Crippen LogP contribution in [-0.4, -0.2) is 25.2 Å². The van der Waals surface area contributed by atoms with Gasteiger partial charge < -0.3 is 19.1 Å². The van der Waals surface area contributed by atoms with Gasteiger partial charge in [0.25, 0.3) is 0 Å². The Hall–Kier alpha value is -2.66. The zero-order valence-electron chi connectivity index (χ0n) is 16.8. The van der Waals surface area contributed by atoms with E-state index in [1.54, 1.807) is 23.1 Å². The third-order valence-electron chi connectivity index (χ3n) is 4.56. The number of carbonyl (C=O) groups excluding carboxylic acids is 1. The highest BCUT2D eigenvalue weighted by Crippen LogP contribution is 2.37. The average molecular weight is 416 g/mol. The van der Waals surface area contributed by atoms with E-state index in [2.05, 4.69) is 26.5 Å². The molecular formula is C23H26ClNO4. The van der Waals surface area contributed by atoms with Crippen molar-refractivity contribution < 1.29 is 19.0 Å². The number of anilines is 1. The number of alkyl halides is 1. The highest BCUT2D eigenvalue weighted by atomic mass is 35.5. The van der Waals surface area contributed by atoms with Gasteiger partial charge in [0, 0.05) is 17.3 Å². The molecule has 0 radical (unpaired) electrons. The van der Waals surface area contributed by atoms with Crippen molar-refractivity contribution in [1.82, 2.24) is 0 Å². The van der Waals surface area contributed by atoms with Crippen LogP contribution in [0, 0.1) is 5.92 Å². The molecule has 2 aromatic carbocycles. The van der Waals surface area contributed by atoms with Crippen molar-refractivity contribution in [2.75, 3.05) is 24.2 Å². The van der Waals surface area contributed by atoms with Crippen LogP contribution in [0.4, 0.5) is 5.69 Å². The standard InChI is InChI=1S/C23H26ClNO4/c1-4-10-27-23-17(11-16(2)3)6-5-7-18(23)14-25(22(26)13-24)19-8-9-20-21(12-19)29-15-28-20/h4-9,12,16H,1,10-11,13-15H2,2-3H3. The number of hydrogen-bond acceptors (Lipinski definition) is 4. The number of amides is 1. The van der Waals surface area contributed by atoms with Crippen LogP contribution in [-0.2, 0) is 17.8 Å². The number of ether oxygens (including phenoxy) is 3. The van der Waals surface area contributed by atoms with Gasteiger partial charge in [-0.1, -0.05) is 44.7 Å². The van der Waals surface area contributed by atoms with E-state index in [0.717, 1.165) is 23.3 Å². The molecule has 29 heavy (non-hydrogen) atoms. The molecule has 6 heteroatoms. The lowest BCUT2D eigenvalue weighted by Gasteiger charge is -2.25. The second-order valence-corrected chi connectivity index (χ2v) is 7.52. The molecule has 1 aliphatic rings. The Labute approximate surface area is 176 Å². The van der Waals surface area contributed by atoms with Crippen molar-refractivity contribution in [2.24, 2.45) is 5.92 Å². The Morgan fingerprint density at radius 2 is 2.00 bits per heavy atom. The zero-order chi connectivity index (χ0) is 20.8. The SMILES string of the molecule is C=CCOc1c(CC(C)C)cccc1CN(C(=O)CCl)c1ccc2c(c1)OCO2. The summed E-state index contributed by atoms with van der Waals surface area (Å²) >= 11 is 5.91. The summed E-state index contributed by atoms with van der Waals surface area (Å²) in [6.07, 6.45) is 2.60. The molecule has 0 spiro atoms. The summed E-state index contributed by atoms with van der Waals surface area (Å²) in [4.78, 5) is 14.3. The van der Waals surface area contributed by atoms with Crippen molar-refractivity contribution in [3.63, 3.8) is 0 Å². The molecule has 0 bridgehead atoms. The highest BCUT2D eigenvalue weighted by Gasteiger charge is 2.22. The van der Waals surface area contributed by atoms with Crippen LogP contribution in [0.2, 0.25) is 0 Å². The van der Waals surface area contributed by atoms with E-state index in [1.807, 2.05) is 18.2 Å². The topological polar surface area (TPSA) is 48.0 Å². The summed E-state index contributed by atoms with van der Waals surface area (Å²) in [6.45, 7) is 8.99. The van der Waals surface area contributed by atoms with E-state index in [1.165, 1.54) is 0 Å². The Morgan fingerprint density at radius 3 is 2.72 bits per heavy atom. The van der Waals surface area contributed by atoms with Crippen molar-refractivity contribution >= 4 is 23.2 Å². The van der Waals surface area contributed by atoms with Crippen LogP contribution in [0.1, 0.15) is 25.0 Å². The molecular weight excluding hydrogens is 390 g/mol. The molecule has 0 fully saturated rings. The first-order valence-electron chi connectivity index (χ1n) is 9.64. The fourth-order valence-electron chi connectivity index (χ4n) is 3.31. The molecule has 0 aromatic heterocycles. The monoisotopic (exact) mass is 415 g/mol. The van der Waals surface area contributed by atoms with Gasteiger partial charge >= 0.3 is 0 Å². The van der Waals surface area contributed by atoms with E-state index in [9.17, 15) is 4.79 Å². The molecule has 0 saturated carbocycles. The molecule has 0 atom stereocenters. The van der Waals surface area contributed by atoms with Crippen LogP contribution in [0.3, 0.4) is 0 Å². The number of rotatable bonds is 9. The second-order valence-electron chi connectivity index (χ2n) is 7.25. The Kier molecular flexibility index (Phi) is 7.04. The minimum absolute atomic E-state index is 0.122. The molecule has 1 heterocycles. The molecule has 1 aliphatic heterocycles. The minimum atomic E-state index is -0.200. The summed E-state index contributed by atoms with van der Waals surface area (Å²) in [5.74, 6) is 2.24. The molecule has 0 aliphatic carbocycles. The van der Waals surface area contributed by atoms with Crippen molar-refractivity contribution in [3.8, 4) is 17.2 Å². The van der Waals surface area contributed by atoms with Crippen LogP contribution in [0.5, 0.6) is 17.2 Å². The number of hydrogen-bond donors (Lipinski definition) is 0. The van der Waals surface area contributed by atoms with E-state index >= 15 is 0 Å². The molecule has 5 nitrogen and oxygen atoms in total. The lowest BCUT2D eigenvalue weighted by atomic mass is 9.99. The number of nitrogens with zero attached hydrogens (tertiary/aromatic N) is 1. The second kappa shape index (κ2) is 9.70. The van der Waals surface area contributed by atoms with Crippen LogP contribution >= 0.6 is 11.6 Å². The fourth-order valence-corrected chi connectivity index (χ4v) is 3.45. The van der Waals surface area contributed by atoms with E-state index in [-0.39, 0.29) is 18.6 Å². The van der Waals surface area contributed by atoms with E-state index in [0.29, 0.717) is 36.3 Å². The van der Waals surface area contributed by atoms with Crippen LogP contribution in [0.25, 0.3) is 0 Å². The van der Waals surface area contributed by atoms with Gasteiger partial charge in [0.1, 0.15) is 18.2 Å². The lowest BCUT2D eigenvalue weighted by molar-refractivity contribution is -0.116. The summed E-state index contributed by atoms with van der Waals surface area (Å²) < 4.78 is 16.8. The number of para-hydroxylation sites is 1. The van der Waals surface area contributed by atoms with Crippen molar-refractivity contribution in [2.45, 2.75) is 26.8 Å². The molecule has 0 saturated heterocycles. The summed E-state index contributed by atoms with van der Waals surface area (Å²) in [6, 6.07) is 11.5. The Morgan fingerprint density at radius 1 is 1.24 bits per heavy atom. The first kappa shape index (κ1) is 21.1. The van der Waals surface area contributed by atoms with Crippen LogP contribution < -0.4 is 19.1 Å². The van der Waals surface area contributed by atoms with Gasteiger partial charge in [-0.05, 0) is 30.0 Å². The zero-order valence-corrected chi connectivity index (χ0v) is 17.6. The first-order chi connectivity index (χ1) is 14.0. The predicted octanol–water partition coefficient (Wildman–Crippen LogP) is 4.95. The van der Waals surface area contributed by atoms with Gasteiger partial charge in [-0.25, -0.2) is 0 Å². The van der Waals surface area contributed by atoms with Gasteiger partial charge in [-0.15, -0.1) is 11.6 Å². The largest absolute Gasteiger partial charge is 0.489 e. The summed E-state index contributed by atoms with van der Waals surface area (Å²) in [5.41, 5.74) is 2.73. The minimum Gasteiger partial charge on any atom is -0.489 e. The van der Waals surface area contributed by atoms with Crippen molar-refractivity contribution in [1.29, 1.82) is 0 Å². The summed E-state index contributed by atoms with van der Waals surface area (Å²) in [5, 5.41) is 0. The maximum atomic E-state index is 12.7. The quantitative estimate of drug-likeness (QED) is 0.429. The molecule has 0 N–H and O–H groups in total. The van der Waals surface area contributed by atoms with E-state index < -0.39 is 0 Å².